The van der Waals surface area contributed by atoms with Gasteiger partial charge in [-0.1, -0.05) is 37.3 Å². The van der Waals surface area contributed by atoms with E-state index in [1.165, 1.54) is 18.4 Å². The SMILES string of the molecule is CC1CCN(CC(O)CN2CCOC(Cc3ccccc3)C2)CC1. The van der Waals surface area contributed by atoms with E-state index in [4.69, 9.17) is 4.74 Å². The number of piperidine rings is 1. The number of β-amino-alcohol motifs (C(OH)–C–C–N with tert-alkyl or cyclic N) is 1. The average molecular weight is 332 g/mol. The van der Waals surface area contributed by atoms with Crippen molar-refractivity contribution in [3.8, 4) is 0 Å². The number of rotatable bonds is 6. The minimum atomic E-state index is -0.256. The van der Waals surface area contributed by atoms with Gasteiger partial charge in [-0.3, -0.25) is 4.90 Å². The van der Waals surface area contributed by atoms with Crippen LogP contribution in [0.3, 0.4) is 0 Å². The molecule has 0 bridgehead atoms. The molecule has 134 valence electrons. The number of ether oxygens (including phenoxy) is 1. The van der Waals surface area contributed by atoms with Gasteiger partial charge in [0.1, 0.15) is 0 Å². The number of hydrogen-bond donors (Lipinski definition) is 1. The molecule has 0 radical (unpaired) electrons. The zero-order valence-electron chi connectivity index (χ0n) is 14.9. The quantitative estimate of drug-likeness (QED) is 0.865. The molecule has 2 heterocycles. The van der Waals surface area contributed by atoms with Crippen molar-refractivity contribution in [3.63, 3.8) is 0 Å². The number of nitrogens with zero attached hydrogens (tertiary/aromatic N) is 2. The Morgan fingerprint density at radius 1 is 1.08 bits per heavy atom. The number of aliphatic hydroxyl groups is 1. The first-order chi connectivity index (χ1) is 11.7. The molecule has 4 nitrogen and oxygen atoms in total. The molecule has 4 heteroatoms. The number of benzene rings is 1. The first-order valence-corrected chi connectivity index (χ1v) is 9.47. The number of likely N-dealkylation sites (tertiary alicyclic amines) is 1. The fraction of sp³-hybridized carbons (Fsp3) is 0.700. The molecule has 0 saturated carbocycles. The second kappa shape index (κ2) is 8.95. The third kappa shape index (κ3) is 5.55. The smallest absolute Gasteiger partial charge is 0.0793 e. The average Bonchev–Trinajstić information content (AvgIpc) is 2.58. The van der Waals surface area contributed by atoms with Gasteiger partial charge in [0.05, 0.1) is 18.8 Å². The van der Waals surface area contributed by atoms with Crippen LogP contribution in [-0.2, 0) is 11.2 Å². The lowest BCUT2D eigenvalue weighted by Crippen LogP contribution is -2.49. The minimum Gasteiger partial charge on any atom is -0.390 e. The minimum absolute atomic E-state index is 0.240. The molecular weight excluding hydrogens is 300 g/mol. The van der Waals surface area contributed by atoms with Crippen LogP contribution in [0.2, 0.25) is 0 Å². The molecule has 2 aliphatic rings. The van der Waals surface area contributed by atoms with Gasteiger partial charge in [-0.05, 0) is 43.8 Å². The standard InChI is InChI=1S/C20H32N2O2/c1-17-7-9-21(10-8-17)14-19(23)15-22-11-12-24-20(16-22)13-18-5-3-2-4-6-18/h2-6,17,19-20,23H,7-16H2,1H3. The summed E-state index contributed by atoms with van der Waals surface area (Å²) in [6, 6.07) is 10.5. The van der Waals surface area contributed by atoms with Crippen LogP contribution in [0.4, 0.5) is 0 Å². The van der Waals surface area contributed by atoms with E-state index in [-0.39, 0.29) is 12.2 Å². The van der Waals surface area contributed by atoms with Crippen molar-refractivity contribution in [3.05, 3.63) is 35.9 Å². The molecular formula is C20H32N2O2. The Bertz CT molecular complexity index is 474. The Morgan fingerprint density at radius 2 is 1.79 bits per heavy atom. The zero-order valence-corrected chi connectivity index (χ0v) is 14.9. The van der Waals surface area contributed by atoms with Crippen LogP contribution in [0.25, 0.3) is 0 Å². The normalized spacial score (nSPS) is 25.7. The van der Waals surface area contributed by atoms with E-state index in [0.717, 1.165) is 58.2 Å². The molecule has 2 fully saturated rings. The van der Waals surface area contributed by atoms with E-state index >= 15 is 0 Å². The van der Waals surface area contributed by atoms with Crippen molar-refractivity contribution in [2.75, 3.05) is 45.9 Å². The molecule has 0 spiro atoms. The topological polar surface area (TPSA) is 35.9 Å². The largest absolute Gasteiger partial charge is 0.390 e. The van der Waals surface area contributed by atoms with Gasteiger partial charge in [-0.2, -0.15) is 0 Å². The van der Waals surface area contributed by atoms with Crippen molar-refractivity contribution in [1.82, 2.24) is 9.80 Å². The Labute approximate surface area is 146 Å². The first-order valence-electron chi connectivity index (χ1n) is 9.47. The van der Waals surface area contributed by atoms with Crippen LogP contribution in [0, 0.1) is 5.92 Å². The molecule has 24 heavy (non-hydrogen) atoms. The summed E-state index contributed by atoms with van der Waals surface area (Å²) in [7, 11) is 0. The van der Waals surface area contributed by atoms with Crippen LogP contribution in [-0.4, -0.2) is 73.0 Å². The van der Waals surface area contributed by atoms with Crippen molar-refractivity contribution in [2.24, 2.45) is 5.92 Å². The van der Waals surface area contributed by atoms with Crippen LogP contribution in [0.15, 0.2) is 30.3 Å². The summed E-state index contributed by atoms with van der Waals surface area (Å²) in [5.74, 6) is 0.844. The highest BCUT2D eigenvalue weighted by molar-refractivity contribution is 5.15. The maximum absolute atomic E-state index is 10.5. The van der Waals surface area contributed by atoms with Crippen LogP contribution in [0.5, 0.6) is 0 Å². The molecule has 2 saturated heterocycles. The summed E-state index contributed by atoms with van der Waals surface area (Å²) in [6.45, 7) is 8.80. The Kier molecular flexibility index (Phi) is 6.67. The molecule has 3 rings (SSSR count). The van der Waals surface area contributed by atoms with Gasteiger partial charge in [-0.25, -0.2) is 0 Å². The van der Waals surface area contributed by atoms with Gasteiger partial charge in [0.15, 0.2) is 0 Å². The zero-order chi connectivity index (χ0) is 16.8. The second-order valence-corrected chi connectivity index (χ2v) is 7.58. The lowest BCUT2D eigenvalue weighted by Gasteiger charge is -2.36. The van der Waals surface area contributed by atoms with Gasteiger partial charge in [-0.15, -0.1) is 0 Å². The third-order valence-corrected chi connectivity index (χ3v) is 5.34. The van der Waals surface area contributed by atoms with E-state index in [2.05, 4.69) is 47.1 Å². The molecule has 2 unspecified atom stereocenters. The lowest BCUT2D eigenvalue weighted by molar-refractivity contribution is -0.0433. The maximum Gasteiger partial charge on any atom is 0.0793 e. The number of aliphatic hydroxyl groups excluding tert-OH is 1. The summed E-state index contributed by atoms with van der Waals surface area (Å²) in [4.78, 5) is 4.79. The molecule has 1 aromatic rings. The highest BCUT2D eigenvalue weighted by Gasteiger charge is 2.24. The van der Waals surface area contributed by atoms with Crippen molar-refractivity contribution in [1.29, 1.82) is 0 Å². The third-order valence-electron chi connectivity index (χ3n) is 5.34. The fourth-order valence-corrected chi connectivity index (χ4v) is 3.85. The second-order valence-electron chi connectivity index (χ2n) is 7.58. The van der Waals surface area contributed by atoms with Gasteiger partial charge in [0, 0.05) is 26.2 Å². The van der Waals surface area contributed by atoms with Crippen molar-refractivity contribution in [2.45, 2.75) is 38.4 Å². The summed E-state index contributed by atoms with van der Waals surface area (Å²) in [6.07, 6.45) is 3.47. The Hall–Kier alpha value is -0.940. The van der Waals surface area contributed by atoms with Crippen LogP contribution in [0.1, 0.15) is 25.3 Å². The monoisotopic (exact) mass is 332 g/mol. The Morgan fingerprint density at radius 3 is 2.54 bits per heavy atom. The maximum atomic E-state index is 10.5. The molecule has 1 aromatic carbocycles. The highest BCUT2D eigenvalue weighted by Crippen LogP contribution is 2.17. The van der Waals surface area contributed by atoms with E-state index < -0.39 is 0 Å². The molecule has 0 aliphatic carbocycles. The van der Waals surface area contributed by atoms with Gasteiger partial charge < -0.3 is 14.7 Å². The molecule has 2 aliphatic heterocycles. The van der Waals surface area contributed by atoms with E-state index in [0.29, 0.717) is 0 Å². The molecule has 0 aromatic heterocycles. The predicted octanol–water partition coefficient (Wildman–Crippen LogP) is 2.02. The summed E-state index contributed by atoms with van der Waals surface area (Å²) in [5, 5.41) is 10.5. The van der Waals surface area contributed by atoms with Crippen molar-refractivity contribution < 1.29 is 9.84 Å². The highest BCUT2D eigenvalue weighted by atomic mass is 16.5. The van der Waals surface area contributed by atoms with Crippen LogP contribution < -0.4 is 0 Å². The first kappa shape index (κ1) is 17.9. The predicted molar refractivity (Wildman–Crippen MR) is 97.2 cm³/mol. The van der Waals surface area contributed by atoms with Gasteiger partial charge in [0.25, 0.3) is 0 Å². The fourth-order valence-electron chi connectivity index (χ4n) is 3.85. The summed E-state index contributed by atoms with van der Waals surface area (Å²) >= 11 is 0. The number of hydrogen-bond acceptors (Lipinski definition) is 4. The van der Waals surface area contributed by atoms with Gasteiger partial charge >= 0.3 is 0 Å². The van der Waals surface area contributed by atoms with Crippen molar-refractivity contribution >= 4 is 0 Å². The molecule has 0 amide bonds. The summed E-state index contributed by atoms with van der Waals surface area (Å²) in [5.41, 5.74) is 1.33. The summed E-state index contributed by atoms with van der Waals surface area (Å²) < 4.78 is 5.92. The van der Waals surface area contributed by atoms with Gasteiger partial charge in [0.2, 0.25) is 0 Å². The van der Waals surface area contributed by atoms with E-state index in [1.807, 2.05) is 0 Å². The molecule has 1 N–H and O–H groups in total. The van der Waals surface area contributed by atoms with E-state index in [9.17, 15) is 5.11 Å². The Balaban J connectivity index is 1.41. The van der Waals surface area contributed by atoms with E-state index in [1.54, 1.807) is 0 Å². The lowest BCUT2D eigenvalue weighted by atomic mass is 9.99. The van der Waals surface area contributed by atoms with Crippen LogP contribution >= 0.6 is 0 Å². The molecule has 2 atom stereocenters. The number of morpholine rings is 1.